The second-order valence-corrected chi connectivity index (χ2v) is 14.2. The predicted molar refractivity (Wildman–Crippen MR) is 161 cm³/mol. The summed E-state index contributed by atoms with van der Waals surface area (Å²) in [6.45, 7) is 5.53. The molecule has 0 aromatic heterocycles. The number of nitrogens with zero attached hydrogens (tertiary/aromatic N) is 2. The van der Waals surface area contributed by atoms with Gasteiger partial charge in [0.05, 0.1) is 5.69 Å². The maximum absolute atomic E-state index is 13.7. The van der Waals surface area contributed by atoms with Gasteiger partial charge in [0.25, 0.3) is 5.91 Å². The first kappa shape index (κ1) is 32.3. The second kappa shape index (κ2) is 12.9. The number of rotatable bonds is 5. The molecule has 2 fully saturated rings. The monoisotopic (exact) mass is 617 g/mol. The zero-order valence-electron chi connectivity index (χ0n) is 25.3. The SMILES string of the molecule is CN(c1ccccc1)S(=O)(=O)NC(=O)[C@@]12C[C@H]1/C=C\CCCCC[C@H](NC(=O)OC(C)(C)C)C(=O)N1CCC[C@H]1C(=O)N2. The van der Waals surface area contributed by atoms with Gasteiger partial charge < -0.3 is 20.3 Å². The van der Waals surface area contributed by atoms with Crippen LogP contribution in [-0.2, 0) is 29.3 Å². The van der Waals surface area contributed by atoms with Gasteiger partial charge in [-0.2, -0.15) is 8.42 Å². The molecule has 2 heterocycles. The molecule has 0 radical (unpaired) electrons. The first-order chi connectivity index (χ1) is 20.2. The average Bonchev–Trinajstić information content (AvgIpc) is 3.40. The predicted octanol–water partition coefficient (Wildman–Crippen LogP) is 2.76. The minimum atomic E-state index is -4.27. The number of ether oxygens (including phenoxy) is 1. The fraction of sp³-hybridized carbons (Fsp3) is 0.600. The van der Waals surface area contributed by atoms with E-state index in [1.165, 1.54) is 11.9 Å². The standard InChI is InChI=1S/C30H43N5O7S/c1-29(2,3)42-28(39)31-23-17-12-7-5-6-9-14-21-20-30(21,32-25(36)24-18-13-19-35(24)26(23)37)27(38)33-43(40,41)34(4)22-15-10-8-11-16-22/h8-11,14-16,21,23-24H,5-7,12-13,17-20H2,1-4H3,(H,31,39)(H,32,36)(H,33,38)/b14-9-/t21-,23+,24+,30-/m1/s1. The van der Waals surface area contributed by atoms with E-state index in [1.54, 1.807) is 51.1 Å². The Balaban J connectivity index is 1.55. The van der Waals surface area contributed by atoms with Crippen molar-refractivity contribution in [1.82, 2.24) is 20.3 Å². The number of carbonyl (C=O) groups excluding carboxylic acids is 4. The van der Waals surface area contributed by atoms with Crippen molar-refractivity contribution in [3.05, 3.63) is 42.5 Å². The summed E-state index contributed by atoms with van der Waals surface area (Å²) in [6.07, 6.45) is 7.71. The lowest BCUT2D eigenvalue weighted by atomic mass is 10.0. The highest BCUT2D eigenvalue weighted by Gasteiger charge is 2.61. The maximum atomic E-state index is 13.7. The molecule has 12 nitrogen and oxygen atoms in total. The van der Waals surface area contributed by atoms with Crippen LogP contribution in [-0.4, -0.2) is 73.9 Å². The number of amides is 4. The van der Waals surface area contributed by atoms with Gasteiger partial charge in [-0.15, -0.1) is 0 Å². The van der Waals surface area contributed by atoms with Crippen molar-refractivity contribution in [3.63, 3.8) is 0 Å². The van der Waals surface area contributed by atoms with Crippen molar-refractivity contribution >= 4 is 39.7 Å². The number of carbonyl (C=O) groups is 4. The average molecular weight is 618 g/mol. The third kappa shape index (κ3) is 7.87. The van der Waals surface area contributed by atoms with Gasteiger partial charge in [0.15, 0.2) is 0 Å². The Morgan fingerprint density at radius 2 is 1.79 bits per heavy atom. The van der Waals surface area contributed by atoms with E-state index < -0.39 is 57.3 Å². The van der Waals surface area contributed by atoms with E-state index in [0.29, 0.717) is 44.3 Å². The van der Waals surface area contributed by atoms with Crippen LogP contribution in [0.25, 0.3) is 0 Å². The van der Waals surface area contributed by atoms with Gasteiger partial charge in [0.1, 0.15) is 23.2 Å². The topological polar surface area (TPSA) is 154 Å². The van der Waals surface area contributed by atoms with Gasteiger partial charge >= 0.3 is 16.3 Å². The first-order valence-corrected chi connectivity index (χ1v) is 16.3. The molecular formula is C30H43N5O7S. The minimum absolute atomic E-state index is 0.231. The molecule has 1 aliphatic carbocycles. The van der Waals surface area contributed by atoms with Crippen molar-refractivity contribution in [3.8, 4) is 0 Å². The van der Waals surface area contributed by atoms with Crippen LogP contribution in [0.2, 0.25) is 0 Å². The van der Waals surface area contributed by atoms with Gasteiger partial charge in [0, 0.05) is 19.5 Å². The van der Waals surface area contributed by atoms with Crippen LogP contribution < -0.4 is 19.7 Å². The normalized spacial score (nSPS) is 27.3. The van der Waals surface area contributed by atoms with Gasteiger partial charge in [-0.25, -0.2) is 9.52 Å². The summed E-state index contributed by atoms with van der Waals surface area (Å²) in [7, 11) is -2.93. The van der Waals surface area contributed by atoms with Gasteiger partial charge in [0.2, 0.25) is 11.8 Å². The Bertz CT molecular complexity index is 1340. The molecule has 3 aliphatic rings. The fourth-order valence-corrected chi connectivity index (χ4v) is 6.55. The van der Waals surface area contributed by atoms with Crippen LogP contribution >= 0.6 is 0 Å². The van der Waals surface area contributed by atoms with Crippen molar-refractivity contribution in [2.45, 2.75) is 95.4 Å². The third-order valence-corrected chi connectivity index (χ3v) is 9.40. The molecule has 236 valence electrons. The Labute approximate surface area is 253 Å². The molecule has 1 aromatic rings. The van der Waals surface area contributed by atoms with E-state index in [4.69, 9.17) is 4.74 Å². The number of para-hydroxylation sites is 1. The number of allylic oxidation sites excluding steroid dienone is 1. The summed E-state index contributed by atoms with van der Waals surface area (Å²) in [5.41, 5.74) is -1.84. The molecule has 2 aliphatic heterocycles. The number of hydrogen-bond acceptors (Lipinski definition) is 7. The van der Waals surface area contributed by atoms with Crippen LogP contribution in [0.1, 0.15) is 72.1 Å². The van der Waals surface area contributed by atoms with Crippen molar-refractivity contribution < 1.29 is 32.3 Å². The lowest BCUT2D eigenvalue weighted by molar-refractivity contribution is -0.141. The summed E-state index contributed by atoms with van der Waals surface area (Å²) in [4.78, 5) is 55.0. The zero-order valence-corrected chi connectivity index (χ0v) is 26.1. The summed E-state index contributed by atoms with van der Waals surface area (Å²) in [5.74, 6) is -2.14. The van der Waals surface area contributed by atoms with Gasteiger partial charge in [-0.3, -0.25) is 18.7 Å². The number of fused-ring (bicyclic) bond motifs is 2. The number of alkyl carbamates (subject to hydrolysis) is 1. The Morgan fingerprint density at radius 3 is 2.49 bits per heavy atom. The molecule has 4 amide bonds. The van der Waals surface area contributed by atoms with E-state index in [2.05, 4.69) is 15.4 Å². The molecule has 0 bridgehead atoms. The van der Waals surface area contributed by atoms with Crippen LogP contribution in [0.3, 0.4) is 0 Å². The minimum Gasteiger partial charge on any atom is -0.444 e. The molecule has 0 spiro atoms. The van der Waals surface area contributed by atoms with Crippen LogP contribution in [0.4, 0.5) is 10.5 Å². The lowest BCUT2D eigenvalue weighted by Gasteiger charge is -2.30. The molecule has 3 N–H and O–H groups in total. The van der Waals surface area contributed by atoms with E-state index in [-0.39, 0.29) is 12.3 Å². The maximum Gasteiger partial charge on any atom is 0.408 e. The van der Waals surface area contributed by atoms with Gasteiger partial charge in [-0.1, -0.05) is 43.2 Å². The Kier molecular flexibility index (Phi) is 9.73. The summed E-state index contributed by atoms with van der Waals surface area (Å²) >= 11 is 0. The van der Waals surface area contributed by atoms with E-state index in [9.17, 15) is 27.6 Å². The highest BCUT2D eigenvalue weighted by atomic mass is 32.2. The Morgan fingerprint density at radius 1 is 1.07 bits per heavy atom. The van der Waals surface area contributed by atoms with Crippen molar-refractivity contribution in [1.29, 1.82) is 0 Å². The van der Waals surface area contributed by atoms with Crippen molar-refractivity contribution in [2.24, 2.45) is 5.92 Å². The molecule has 4 rings (SSSR count). The van der Waals surface area contributed by atoms with Crippen LogP contribution in [0.15, 0.2) is 42.5 Å². The molecule has 0 unspecified atom stereocenters. The fourth-order valence-electron chi connectivity index (χ4n) is 5.60. The first-order valence-electron chi connectivity index (χ1n) is 14.9. The smallest absolute Gasteiger partial charge is 0.408 e. The van der Waals surface area contributed by atoms with E-state index >= 15 is 0 Å². The largest absolute Gasteiger partial charge is 0.444 e. The summed E-state index contributed by atoms with van der Waals surface area (Å²) in [6, 6.07) is 6.60. The van der Waals surface area contributed by atoms with Gasteiger partial charge in [-0.05, 0) is 71.4 Å². The van der Waals surface area contributed by atoms with Crippen LogP contribution in [0, 0.1) is 5.92 Å². The molecule has 1 saturated carbocycles. The lowest BCUT2D eigenvalue weighted by Crippen LogP contribution is -2.59. The molecular weight excluding hydrogens is 574 g/mol. The van der Waals surface area contributed by atoms with E-state index in [0.717, 1.165) is 17.1 Å². The second-order valence-electron chi connectivity index (χ2n) is 12.5. The summed E-state index contributed by atoms with van der Waals surface area (Å²) in [5, 5.41) is 5.53. The quantitative estimate of drug-likeness (QED) is 0.430. The molecule has 43 heavy (non-hydrogen) atoms. The molecule has 13 heteroatoms. The molecule has 1 saturated heterocycles. The molecule has 4 atom stereocenters. The zero-order chi connectivity index (χ0) is 31.4. The van der Waals surface area contributed by atoms with E-state index in [1.807, 2.05) is 12.2 Å². The number of benzene rings is 1. The highest BCUT2D eigenvalue weighted by molar-refractivity contribution is 7.91. The highest BCUT2D eigenvalue weighted by Crippen LogP contribution is 2.45. The number of hydrogen-bond donors (Lipinski definition) is 3. The summed E-state index contributed by atoms with van der Waals surface area (Å²) < 4.78 is 34.8. The number of anilines is 1. The van der Waals surface area contributed by atoms with Crippen molar-refractivity contribution in [2.75, 3.05) is 17.9 Å². The number of nitrogens with one attached hydrogen (secondary N) is 3. The van der Waals surface area contributed by atoms with Crippen LogP contribution in [0.5, 0.6) is 0 Å². The molecule has 1 aromatic carbocycles. The Hall–Kier alpha value is -3.61. The third-order valence-electron chi connectivity index (χ3n) is 8.03.